The Hall–Kier alpha value is -1.73. The van der Waals surface area contributed by atoms with Crippen molar-refractivity contribution in [3.05, 3.63) is 59.7 Å². The summed E-state index contributed by atoms with van der Waals surface area (Å²) in [5.41, 5.74) is 2.41. The molecule has 0 spiro atoms. The van der Waals surface area contributed by atoms with E-state index in [9.17, 15) is 10.2 Å². The van der Waals surface area contributed by atoms with Crippen molar-refractivity contribution in [2.45, 2.75) is 265 Å². The molecule has 62 heavy (non-hydrogen) atoms. The molecule has 8 heteroatoms. The molecule has 2 aromatic rings. The van der Waals surface area contributed by atoms with Gasteiger partial charge in [-0.15, -0.1) is 0 Å². The molecule has 4 atom stereocenters. The van der Waals surface area contributed by atoms with E-state index in [0.717, 1.165) is 38.5 Å². The second-order valence-corrected chi connectivity index (χ2v) is 19.2. The first-order valence-corrected chi connectivity index (χ1v) is 27.1. The number of aliphatic hydroxyl groups excluding tert-OH is 2. The molecule has 4 unspecified atom stereocenters. The fourth-order valence-electron chi connectivity index (χ4n) is 7.85. The lowest BCUT2D eigenvalue weighted by Crippen LogP contribution is -2.34. The van der Waals surface area contributed by atoms with Crippen molar-refractivity contribution in [2.24, 2.45) is 0 Å². The van der Waals surface area contributed by atoms with Crippen LogP contribution < -0.4 is 9.47 Å². The number of aryl methyl sites for hydroxylation is 2. The minimum atomic E-state index is -2.06. The topological polar surface area (TPSA) is 86.6 Å². The molecule has 0 saturated carbocycles. The van der Waals surface area contributed by atoms with Gasteiger partial charge in [0.1, 0.15) is 23.7 Å². The lowest BCUT2D eigenvalue weighted by Gasteiger charge is -2.29. The Kier molecular flexibility index (Phi) is 36.0. The lowest BCUT2D eigenvalue weighted by atomic mass is 10.0. The Bertz CT molecular complexity index is 1200. The van der Waals surface area contributed by atoms with Crippen LogP contribution in [0, 0.1) is 0 Å². The smallest absolute Gasteiger partial charge is 0.339 e. The van der Waals surface area contributed by atoms with E-state index in [1.54, 1.807) is 13.8 Å². The van der Waals surface area contributed by atoms with Crippen LogP contribution in [0.15, 0.2) is 48.5 Å². The summed E-state index contributed by atoms with van der Waals surface area (Å²) >= 11 is 0. The van der Waals surface area contributed by atoms with E-state index in [1.807, 2.05) is 36.4 Å². The summed E-state index contributed by atoms with van der Waals surface area (Å²) in [4.78, 5) is 0. The summed E-state index contributed by atoms with van der Waals surface area (Å²) in [5.74, 6) is 1.26. The Balaban J connectivity index is 1.95. The maximum absolute atomic E-state index is 10.9. The van der Waals surface area contributed by atoms with Crippen LogP contribution in [0.4, 0.5) is 0 Å². The summed E-state index contributed by atoms with van der Waals surface area (Å²) in [6, 6.07) is 16.1. The van der Waals surface area contributed by atoms with Gasteiger partial charge >= 0.3 is 8.60 Å². The molecule has 0 aliphatic heterocycles. The van der Waals surface area contributed by atoms with Crippen molar-refractivity contribution in [1.29, 1.82) is 0 Å². The molecule has 2 N–H and O–H groups in total. The minimum absolute atomic E-state index is 0.436. The molecule has 0 radical (unpaired) electrons. The highest BCUT2D eigenvalue weighted by Crippen LogP contribution is 2.44. The third-order valence-corrected chi connectivity index (χ3v) is 13.0. The van der Waals surface area contributed by atoms with Crippen LogP contribution in [0.3, 0.4) is 0 Å². The quantitative estimate of drug-likeness (QED) is 0.0389. The maximum Gasteiger partial charge on any atom is 0.339 e. The standard InChI is InChI=1S/C54H95O7P/c1-6-9-12-15-18-19-20-21-22-23-24-25-26-29-32-35-44-57-62(60-53(47(4)55)58-51-42-36-40-49(45-51)38-33-30-27-16-13-10-7-2)61-54(48(5)56)59-52-43-37-41-50(46-52)39-34-31-28-17-14-11-8-3/h36-37,40-43,45-48,53-56H,6-35,38-39,44H2,1-5H3. The van der Waals surface area contributed by atoms with Crippen molar-refractivity contribution in [2.75, 3.05) is 6.61 Å². The summed E-state index contributed by atoms with van der Waals surface area (Å²) in [6.07, 6.45) is 36.5. The number of rotatable bonds is 44. The first-order valence-electron chi connectivity index (χ1n) is 26.0. The second kappa shape index (κ2) is 39.6. The summed E-state index contributed by atoms with van der Waals surface area (Å²) in [7, 11) is -2.06. The van der Waals surface area contributed by atoms with Crippen molar-refractivity contribution in [1.82, 2.24) is 0 Å². The van der Waals surface area contributed by atoms with Gasteiger partial charge in [-0.1, -0.05) is 218 Å². The van der Waals surface area contributed by atoms with Crippen LogP contribution in [0.25, 0.3) is 0 Å². The van der Waals surface area contributed by atoms with E-state index in [0.29, 0.717) is 18.1 Å². The van der Waals surface area contributed by atoms with E-state index in [-0.39, 0.29) is 0 Å². The molecule has 358 valence electrons. The molecule has 0 aromatic heterocycles. The fourth-order valence-corrected chi connectivity index (χ4v) is 9.08. The monoisotopic (exact) mass is 887 g/mol. The number of unbranched alkanes of at least 4 members (excludes halogenated alkanes) is 27. The Morgan fingerprint density at radius 1 is 0.419 bits per heavy atom. The highest BCUT2D eigenvalue weighted by molar-refractivity contribution is 7.41. The summed E-state index contributed by atoms with van der Waals surface area (Å²) in [6.45, 7) is 10.5. The Morgan fingerprint density at radius 3 is 1.05 bits per heavy atom. The van der Waals surface area contributed by atoms with Gasteiger partial charge in [-0.3, -0.25) is 9.05 Å². The van der Waals surface area contributed by atoms with Crippen molar-refractivity contribution >= 4 is 8.60 Å². The van der Waals surface area contributed by atoms with Crippen LogP contribution in [0.5, 0.6) is 11.5 Å². The lowest BCUT2D eigenvalue weighted by molar-refractivity contribution is -0.119. The maximum atomic E-state index is 10.9. The van der Waals surface area contributed by atoms with Gasteiger partial charge in [0.25, 0.3) is 0 Å². The van der Waals surface area contributed by atoms with Gasteiger partial charge in [0.05, 0.1) is 6.61 Å². The van der Waals surface area contributed by atoms with Crippen molar-refractivity contribution in [3.63, 3.8) is 0 Å². The zero-order chi connectivity index (χ0) is 44.7. The third kappa shape index (κ3) is 30.4. The molecule has 7 nitrogen and oxygen atoms in total. The number of hydrogen-bond acceptors (Lipinski definition) is 7. The molecule has 2 rings (SSSR count). The van der Waals surface area contributed by atoms with E-state index < -0.39 is 33.4 Å². The van der Waals surface area contributed by atoms with Crippen LogP contribution in [0.2, 0.25) is 0 Å². The van der Waals surface area contributed by atoms with Gasteiger partial charge < -0.3 is 24.2 Å². The zero-order valence-corrected chi connectivity index (χ0v) is 41.5. The molecule has 0 amide bonds. The third-order valence-electron chi connectivity index (χ3n) is 11.8. The largest absolute Gasteiger partial charge is 0.462 e. The molecule has 0 saturated heterocycles. The normalized spacial score (nSPS) is 14.1. The number of benzene rings is 2. The van der Waals surface area contributed by atoms with Gasteiger partial charge in [-0.05, 0) is 81.3 Å². The number of aliphatic hydroxyl groups is 2. The van der Waals surface area contributed by atoms with Gasteiger partial charge in [0.2, 0.25) is 12.6 Å². The molecular formula is C54H95O7P. The van der Waals surface area contributed by atoms with Crippen LogP contribution in [-0.2, 0) is 26.4 Å². The second-order valence-electron chi connectivity index (χ2n) is 18.1. The van der Waals surface area contributed by atoms with Gasteiger partial charge in [0.15, 0.2) is 0 Å². The molecule has 2 aromatic carbocycles. The van der Waals surface area contributed by atoms with E-state index >= 15 is 0 Å². The summed E-state index contributed by atoms with van der Waals surface area (Å²) < 4.78 is 31.5. The molecule has 0 fully saturated rings. The fraction of sp³-hybridized carbons (Fsp3) is 0.778. The number of ether oxygens (including phenoxy) is 2. The average Bonchev–Trinajstić information content (AvgIpc) is 3.26. The van der Waals surface area contributed by atoms with Gasteiger partial charge in [-0.2, -0.15) is 0 Å². The highest BCUT2D eigenvalue weighted by Gasteiger charge is 2.31. The molecule has 0 aliphatic carbocycles. The predicted molar refractivity (Wildman–Crippen MR) is 263 cm³/mol. The minimum Gasteiger partial charge on any atom is -0.462 e. The molecule has 0 heterocycles. The molecular weight excluding hydrogens is 792 g/mol. The Morgan fingerprint density at radius 2 is 0.726 bits per heavy atom. The average molecular weight is 887 g/mol. The van der Waals surface area contributed by atoms with Crippen molar-refractivity contribution < 1.29 is 33.3 Å². The van der Waals surface area contributed by atoms with Gasteiger partial charge in [-0.25, -0.2) is 0 Å². The zero-order valence-electron chi connectivity index (χ0n) is 40.6. The number of hydrogen-bond donors (Lipinski definition) is 2. The Labute approximate surface area is 383 Å². The van der Waals surface area contributed by atoms with Crippen LogP contribution in [0.1, 0.15) is 238 Å². The first kappa shape index (κ1) is 56.4. The first-order chi connectivity index (χ1) is 30.4. The SMILES string of the molecule is CCCCCCCCCCCCCCCCCCOP(OC(Oc1cccc(CCCCCCCCC)c1)C(C)O)OC(Oc1cccc(CCCCCCCCC)c1)C(C)O. The van der Waals surface area contributed by atoms with E-state index in [2.05, 4.69) is 32.9 Å². The van der Waals surface area contributed by atoms with Crippen LogP contribution >= 0.6 is 8.60 Å². The predicted octanol–water partition coefficient (Wildman–Crippen LogP) is 16.7. The molecule has 0 bridgehead atoms. The molecule has 0 aliphatic rings. The van der Waals surface area contributed by atoms with Crippen LogP contribution in [-0.4, -0.2) is 41.6 Å². The summed E-state index contributed by atoms with van der Waals surface area (Å²) in [5, 5.41) is 21.8. The van der Waals surface area contributed by atoms with Gasteiger partial charge in [0, 0.05) is 0 Å². The van der Waals surface area contributed by atoms with E-state index in [1.165, 1.54) is 178 Å². The van der Waals surface area contributed by atoms with Crippen molar-refractivity contribution in [3.8, 4) is 11.5 Å². The van der Waals surface area contributed by atoms with E-state index in [4.69, 9.17) is 23.0 Å². The highest BCUT2D eigenvalue weighted by atomic mass is 31.2.